The number of aliphatic hydroxyl groups is 1. The molecule has 136 valence electrons. The van der Waals surface area contributed by atoms with E-state index in [2.05, 4.69) is 34.1 Å². The summed E-state index contributed by atoms with van der Waals surface area (Å²) in [7, 11) is 0. The molecule has 3 heterocycles. The van der Waals surface area contributed by atoms with Crippen LogP contribution in [0.2, 0.25) is 0 Å². The van der Waals surface area contributed by atoms with Gasteiger partial charge in [0.05, 0.1) is 24.4 Å². The van der Waals surface area contributed by atoms with E-state index in [0.717, 1.165) is 34.8 Å². The van der Waals surface area contributed by atoms with E-state index in [9.17, 15) is 9.90 Å². The van der Waals surface area contributed by atoms with Gasteiger partial charge in [-0.25, -0.2) is 4.98 Å². The van der Waals surface area contributed by atoms with Crippen molar-refractivity contribution in [3.05, 3.63) is 62.5 Å². The third-order valence-electron chi connectivity index (χ3n) is 5.24. The van der Waals surface area contributed by atoms with Crippen molar-refractivity contribution in [1.29, 1.82) is 0 Å². The number of nitrogens with zero attached hydrogens (tertiary/aromatic N) is 3. The second kappa shape index (κ2) is 6.95. The minimum Gasteiger partial charge on any atom is -0.390 e. The summed E-state index contributed by atoms with van der Waals surface area (Å²) in [5.74, 6) is 0. The van der Waals surface area contributed by atoms with Crippen molar-refractivity contribution in [2.24, 2.45) is 0 Å². The molecule has 1 atom stereocenters. The van der Waals surface area contributed by atoms with Crippen molar-refractivity contribution < 1.29 is 5.11 Å². The van der Waals surface area contributed by atoms with Crippen LogP contribution in [0.25, 0.3) is 10.2 Å². The first-order chi connectivity index (χ1) is 12.5. The van der Waals surface area contributed by atoms with Crippen LogP contribution in [0.15, 0.2) is 35.4 Å². The number of aryl methyl sites for hydroxylation is 2. The number of β-amino-alcohol motifs (C(OH)–C–C–N with tert-alkyl or cyclic N) is 1. The lowest BCUT2D eigenvalue weighted by atomic mass is 10.00. The van der Waals surface area contributed by atoms with Crippen LogP contribution in [-0.4, -0.2) is 38.8 Å². The van der Waals surface area contributed by atoms with Crippen molar-refractivity contribution >= 4 is 21.6 Å². The van der Waals surface area contributed by atoms with E-state index in [0.29, 0.717) is 11.9 Å². The first-order valence-corrected chi connectivity index (χ1v) is 9.77. The predicted molar refractivity (Wildman–Crippen MR) is 105 cm³/mol. The highest BCUT2D eigenvalue weighted by Crippen LogP contribution is 2.25. The van der Waals surface area contributed by atoms with Crippen LogP contribution in [0.1, 0.15) is 21.6 Å². The molecule has 1 aliphatic heterocycles. The smallest absolute Gasteiger partial charge is 0.262 e. The number of hydrogen-bond acceptors (Lipinski definition) is 5. The summed E-state index contributed by atoms with van der Waals surface area (Å²) in [4.78, 5) is 21.3. The molecule has 3 aromatic rings. The van der Waals surface area contributed by atoms with Gasteiger partial charge < -0.3 is 5.11 Å². The number of benzene rings is 1. The molecule has 1 aromatic carbocycles. The standard InChI is InChI=1S/C20H23N3O2S/c1-13-14(2)26-19-18(13)20(25)23(12-21-19)11-17(24)10-22-8-7-15-5-3-4-6-16(15)9-22/h3-6,12,17,24H,7-11H2,1-2H3. The van der Waals surface area contributed by atoms with E-state index in [-0.39, 0.29) is 12.1 Å². The second-order valence-electron chi connectivity index (χ2n) is 7.07. The van der Waals surface area contributed by atoms with Crippen molar-refractivity contribution in [3.8, 4) is 0 Å². The van der Waals surface area contributed by atoms with E-state index in [4.69, 9.17) is 0 Å². The Bertz CT molecular complexity index is 1010. The van der Waals surface area contributed by atoms with Gasteiger partial charge in [0.1, 0.15) is 4.83 Å². The zero-order chi connectivity index (χ0) is 18.3. The lowest BCUT2D eigenvalue weighted by molar-refractivity contribution is 0.0908. The third-order valence-corrected chi connectivity index (χ3v) is 6.36. The SMILES string of the molecule is Cc1sc2ncn(CC(O)CN3CCc4ccccc4C3)c(=O)c2c1C. The average molecular weight is 369 g/mol. The van der Waals surface area contributed by atoms with Gasteiger partial charge in [-0.15, -0.1) is 11.3 Å². The van der Waals surface area contributed by atoms with Crippen LogP contribution >= 0.6 is 11.3 Å². The van der Waals surface area contributed by atoms with E-state index in [1.165, 1.54) is 11.1 Å². The molecule has 0 aliphatic carbocycles. The lowest BCUT2D eigenvalue weighted by Gasteiger charge is -2.30. The van der Waals surface area contributed by atoms with Crippen molar-refractivity contribution in [3.63, 3.8) is 0 Å². The highest BCUT2D eigenvalue weighted by molar-refractivity contribution is 7.18. The Morgan fingerprint density at radius 2 is 2.00 bits per heavy atom. The normalized spacial score (nSPS) is 16.0. The van der Waals surface area contributed by atoms with Gasteiger partial charge in [0.25, 0.3) is 5.56 Å². The van der Waals surface area contributed by atoms with Crippen LogP contribution < -0.4 is 5.56 Å². The van der Waals surface area contributed by atoms with E-state index >= 15 is 0 Å². The zero-order valence-electron chi connectivity index (χ0n) is 15.1. The summed E-state index contributed by atoms with van der Waals surface area (Å²) >= 11 is 1.55. The summed E-state index contributed by atoms with van der Waals surface area (Å²) in [6, 6.07) is 8.46. The maximum absolute atomic E-state index is 12.8. The van der Waals surface area contributed by atoms with Gasteiger partial charge in [-0.1, -0.05) is 24.3 Å². The highest BCUT2D eigenvalue weighted by atomic mass is 32.1. The van der Waals surface area contributed by atoms with E-state index < -0.39 is 6.10 Å². The van der Waals surface area contributed by atoms with Crippen molar-refractivity contribution in [2.75, 3.05) is 13.1 Å². The molecular formula is C20H23N3O2S. The minimum absolute atomic E-state index is 0.0557. The van der Waals surface area contributed by atoms with Gasteiger partial charge in [0, 0.05) is 24.5 Å². The Labute approximate surface area is 156 Å². The molecule has 2 aromatic heterocycles. The van der Waals surface area contributed by atoms with Gasteiger partial charge >= 0.3 is 0 Å². The van der Waals surface area contributed by atoms with Crippen LogP contribution in [0.5, 0.6) is 0 Å². The maximum Gasteiger partial charge on any atom is 0.262 e. The first-order valence-electron chi connectivity index (χ1n) is 8.95. The minimum atomic E-state index is -0.600. The number of hydrogen-bond donors (Lipinski definition) is 1. The number of aliphatic hydroxyl groups excluding tert-OH is 1. The molecule has 5 nitrogen and oxygen atoms in total. The van der Waals surface area contributed by atoms with Gasteiger partial charge in [-0.3, -0.25) is 14.3 Å². The predicted octanol–water partition coefficient (Wildman–Crippen LogP) is 2.49. The van der Waals surface area contributed by atoms with Crippen LogP contribution in [0, 0.1) is 13.8 Å². The molecule has 1 aliphatic rings. The highest BCUT2D eigenvalue weighted by Gasteiger charge is 2.20. The Balaban J connectivity index is 1.48. The summed E-state index contributed by atoms with van der Waals surface area (Å²) in [5.41, 5.74) is 3.67. The molecule has 0 saturated carbocycles. The number of rotatable bonds is 4. The summed E-state index contributed by atoms with van der Waals surface area (Å²) in [6.45, 7) is 6.58. The third kappa shape index (κ3) is 3.20. The van der Waals surface area contributed by atoms with E-state index in [1.807, 2.05) is 13.8 Å². The maximum atomic E-state index is 12.8. The number of aromatic nitrogens is 2. The average Bonchev–Trinajstić information content (AvgIpc) is 2.92. The monoisotopic (exact) mass is 369 g/mol. The molecule has 0 radical (unpaired) electrons. The topological polar surface area (TPSA) is 58.4 Å². The second-order valence-corrected chi connectivity index (χ2v) is 8.28. The van der Waals surface area contributed by atoms with Crippen LogP contribution in [-0.2, 0) is 19.5 Å². The van der Waals surface area contributed by atoms with Crippen LogP contribution in [0.3, 0.4) is 0 Å². The summed E-state index contributed by atoms with van der Waals surface area (Å²) < 4.78 is 1.55. The van der Waals surface area contributed by atoms with Gasteiger partial charge in [0.15, 0.2) is 0 Å². The summed E-state index contributed by atoms with van der Waals surface area (Å²) in [5, 5.41) is 11.2. The molecule has 0 fully saturated rings. The van der Waals surface area contributed by atoms with Gasteiger partial charge in [-0.2, -0.15) is 0 Å². The fourth-order valence-corrected chi connectivity index (χ4v) is 4.68. The molecule has 0 bridgehead atoms. The molecule has 1 N–H and O–H groups in total. The fraction of sp³-hybridized carbons (Fsp3) is 0.400. The molecule has 26 heavy (non-hydrogen) atoms. The molecule has 6 heteroatoms. The molecule has 4 rings (SSSR count). The van der Waals surface area contributed by atoms with E-state index in [1.54, 1.807) is 22.2 Å². The Hall–Kier alpha value is -2.02. The Morgan fingerprint density at radius 1 is 1.23 bits per heavy atom. The van der Waals surface area contributed by atoms with Gasteiger partial charge in [-0.05, 0) is 37.0 Å². The molecule has 0 saturated heterocycles. The zero-order valence-corrected chi connectivity index (χ0v) is 15.9. The molecule has 1 unspecified atom stereocenters. The summed E-state index contributed by atoms with van der Waals surface area (Å²) in [6.07, 6.45) is 1.97. The quantitative estimate of drug-likeness (QED) is 0.768. The number of fused-ring (bicyclic) bond motifs is 2. The van der Waals surface area contributed by atoms with Crippen molar-refractivity contribution in [2.45, 2.75) is 39.5 Å². The first kappa shape index (κ1) is 17.4. The Kier molecular flexibility index (Phi) is 4.65. The molecular weight excluding hydrogens is 346 g/mol. The molecule has 0 amide bonds. The fourth-order valence-electron chi connectivity index (χ4n) is 3.69. The van der Waals surface area contributed by atoms with Crippen molar-refractivity contribution in [1.82, 2.24) is 14.5 Å². The largest absolute Gasteiger partial charge is 0.390 e. The molecule has 0 spiro atoms. The van der Waals surface area contributed by atoms with Crippen LogP contribution in [0.4, 0.5) is 0 Å². The lowest BCUT2D eigenvalue weighted by Crippen LogP contribution is -2.39. The number of thiophene rings is 1. The Morgan fingerprint density at radius 3 is 2.81 bits per heavy atom. The van der Waals surface area contributed by atoms with Gasteiger partial charge in [0.2, 0.25) is 0 Å².